The van der Waals surface area contributed by atoms with Crippen LogP contribution in [-0.2, 0) is 4.74 Å². The van der Waals surface area contributed by atoms with Crippen LogP contribution in [0, 0.1) is 11.2 Å². The molecule has 0 saturated carbocycles. The third kappa shape index (κ3) is 3.70. The quantitative estimate of drug-likeness (QED) is 0.392. The maximum Gasteiger partial charge on any atom is 0.182 e. The fourth-order valence-corrected chi connectivity index (χ4v) is 4.74. The van der Waals surface area contributed by atoms with Crippen LogP contribution >= 0.6 is 0 Å². The van der Waals surface area contributed by atoms with Crippen LogP contribution in [0.25, 0.3) is 21.9 Å². The first-order chi connectivity index (χ1) is 16.6. The molecule has 0 amide bonds. The van der Waals surface area contributed by atoms with Gasteiger partial charge in [0.15, 0.2) is 23.1 Å². The molecule has 0 bridgehead atoms. The number of nitrogens with one attached hydrogen (secondary N) is 1. The van der Waals surface area contributed by atoms with Gasteiger partial charge in [-0.1, -0.05) is 0 Å². The second-order valence-corrected chi connectivity index (χ2v) is 9.01. The number of rotatable bonds is 8. The van der Waals surface area contributed by atoms with E-state index >= 15 is 0 Å². The Kier molecular flexibility index (Phi) is 5.23. The Bertz CT molecular complexity index is 1350. The second kappa shape index (κ2) is 8.41. The van der Waals surface area contributed by atoms with E-state index in [0.29, 0.717) is 51.2 Å². The molecule has 2 aliphatic heterocycles. The lowest BCUT2D eigenvalue weighted by molar-refractivity contribution is -0.189. The number of likely N-dealkylation sites (tertiary alicyclic amines) is 1. The molecule has 34 heavy (non-hydrogen) atoms. The molecule has 0 unspecified atom stereocenters. The highest BCUT2D eigenvalue weighted by molar-refractivity contribution is 5.88. The number of aromatic amines is 1. The van der Waals surface area contributed by atoms with Gasteiger partial charge in [0.1, 0.15) is 11.4 Å². The number of benzene rings is 1. The van der Waals surface area contributed by atoms with E-state index in [1.54, 1.807) is 31.6 Å². The van der Waals surface area contributed by atoms with Gasteiger partial charge in [-0.2, -0.15) is 0 Å². The predicted octanol–water partition coefficient (Wildman–Crippen LogP) is 4.15. The summed E-state index contributed by atoms with van der Waals surface area (Å²) in [6.07, 6.45) is 5.55. The number of fused-ring (bicyclic) bond motifs is 2. The first-order valence-electron chi connectivity index (χ1n) is 11.3. The Balaban J connectivity index is 1.17. The summed E-state index contributed by atoms with van der Waals surface area (Å²) in [4.78, 5) is 14.0. The average molecular weight is 464 g/mol. The zero-order chi connectivity index (χ0) is 23.1. The normalized spacial score (nSPS) is 17.0. The molecule has 1 N–H and O–H groups in total. The summed E-state index contributed by atoms with van der Waals surface area (Å²) in [7, 11) is 1.59. The molecule has 0 radical (unpaired) electrons. The van der Waals surface area contributed by atoms with Crippen LogP contribution in [-0.4, -0.2) is 66.4 Å². The standard InChI is InChI=1S/C25H25FN4O4/c1-31-20-9-17-18(10-21(20)33-8-2-7-30-12-25(13-30)14-32-15-25)27-6-4-19(17)34-22-11-29-24-16(23(22)26)3-5-28-24/h3-6,9-11H,2,7-8,12-15H2,1H3,(H,28,29). The van der Waals surface area contributed by atoms with Gasteiger partial charge in [-0.25, -0.2) is 9.37 Å². The van der Waals surface area contributed by atoms with Crippen LogP contribution in [0.15, 0.2) is 42.9 Å². The van der Waals surface area contributed by atoms with Crippen molar-refractivity contribution in [1.82, 2.24) is 19.9 Å². The third-order valence-electron chi connectivity index (χ3n) is 6.51. The van der Waals surface area contributed by atoms with Crippen molar-refractivity contribution in [3.63, 3.8) is 0 Å². The van der Waals surface area contributed by atoms with Crippen molar-refractivity contribution in [2.45, 2.75) is 6.42 Å². The highest BCUT2D eigenvalue weighted by Gasteiger charge is 2.48. The molecule has 1 aromatic carbocycles. The Hall–Kier alpha value is -3.43. The number of ether oxygens (including phenoxy) is 4. The van der Waals surface area contributed by atoms with Crippen molar-refractivity contribution in [2.75, 3.05) is 46.6 Å². The van der Waals surface area contributed by atoms with Crippen LogP contribution in [0.1, 0.15) is 6.42 Å². The summed E-state index contributed by atoms with van der Waals surface area (Å²) in [5.74, 6) is 1.21. The summed E-state index contributed by atoms with van der Waals surface area (Å²) < 4.78 is 37.7. The monoisotopic (exact) mass is 464 g/mol. The Morgan fingerprint density at radius 2 is 1.97 bits per heavy atom. The van der Waals surface area contributed by atoms with Gasteiger partial charge < -0.3 is 28.8 Å². The molecular weight excluding hydrogens is 439 g/mol. The molecule has 2 aliphatic rings. The SMILES string of the molecule is COc1cc2c(Oc3cnc4[nH]ccc4c3F)ccnc2cc1OCCCN1CC2(COC2)C1. The van der Waals surface area contributed by atoms with Crippen LogP contribution in [0.4, 0.5) is 4.39 Å². The van der Waals surface area contributed by atoms with Crippen molar-refractivity contribution >= 4 is 21.9 Å². The molecule has 8 nitrogen and oxygen atoms in total. The molecule has 2 fully saturated rings. The van der Waals surface area contributed by atoms with Gasteiger partial charge in [-0.05, 0) is 24.6 Å². The molecule has 2 saturated heterocycles. The molecule has 0 atom stereocenters. The largest absolute Gasteiger partial charge is 0.493 e. The minimum atomic E-state index is -0.471. The van der Waals surface area contributed by atoms with E-state index < -0.39 is 5.82 Å². The van der Waals surface area contributed by atoms with Gasteiger partial charge in [0.05, 0.1) is 44.0 Å². The first-order valence-corrected chi connectivity index (χ1v) is 11.3. The zero-order valence-electron chi connectivity index (χ0n) is 18.8. The minimum absolute atomic E-state index is 0.0418. The fourth-order valence-electron chi connectivity index (χ4n) is 4.74. The lowest BCUT2D eigenvalue weighted by atomic mass is 9.78. The topological polar surface area (TPSA) is 81.7 Å². The van der Waals surface area contributed by atoms with Crippen LogP contribution in [0.3, 0.4) is 0 Å². The second-order valence-electron chi connectivity index (χ2n) is 9.01. The number of H-pyrrole nitrogens is 1. The number of aromatic nitrogens is 3. The molecular formula is C25H25FN4O4. The smallest absolute Gasteiger partial charge is 0.182 e. The van der Waals surface area contributed by atoms with E-state index in [4.69, 9.17) is 18.9 Å². The van der Waals surface area contributed by atoms with E-state index in [-0.39, 0.29) is 5.75 Å². The van der Waals surface area contributed by atoms with E-state index in [1.165, 1.54) is 6.20 Å². The molecule has 5 heterocycles. The summed E-state index contributed by atoms with van der Waals surface area (Å²) in [6, 6.07) is 6.96. The van der Waals surface area contributed by atoms with Crippen LogP contribution in [0.2, 0.25) is 0 Å². The van der Waals surface area contributed by atoms with Crippen LogP contribution in [0.5, 0.6) is 23.0 Å². The number of pyridine rings is 2. The lowest BCUT2D eigenvalue weighted by Gasteiger charge is -2.55. The van der Waals surface area contributed by atoms with Crippen molar-refractivity contribution < 1.29 is 23.3 Å². The summed E-state index contributed by atoms with van der Waals surface area (Å²) in [5.41, 5.74) is 1.57. The number of hydrogen-bond acceptors (Lipinski definition) is 7. The van der Waals surface area contributed by atoms with Gasteiger partial charge in [0.25, 0.3) is 0 Å². The zero-order valence-corrected chi connectivity index (χ0v) is 18.8. The summed E-state index contributed by atoms with van der Waals surface area (Å²) in [6.45, 7) is 5.61. The molecule has 0 aliphatic carbocycles. The lowest BCUT2D eigenvalue weighted by Crippen LogP contribution is -2.65. The van der Waals surface area contributed by atoms with Crippen molar-refractivity contribution in [3.8, 4) is 23.0 Å². The van der Waals surface area contributed by atoms with Crippen molar-refractivity contribution in [2.24, 2.45) is 5.41 Å². The number of methoxy groups -OCH3 is 1. The van der Waals surface area contributed by atoms with E-state index in [1.807, 2.05) is 12.1 Å². The van der Waals surface area contributed by atoms with E-state index in [2.05, 4.69) is 19.9 Å². The van der Waals surface area contributed by atoms with Crippen molar-refractivity contribution in [1.29, 1.82) is 0 Å². The maximum atomic E-state index is 14.9. The predicted molar refractivity (Wildman–Crippen MR) is 124 cm³/mol. The Morgan fingerprint density at radius 1 is 1.09 bits per heavy atom. The fraction of sp³-hybridized carbons (Fsp3) is 0.360. The van der Waals surface area contributed by atoms with E-state index in [0.717, 1.165) is 39.3 Å². The minimum Gasteiger partial charge on any atom is -0.493 e. The van der Waals surface area contributed by atoms with Gasteiger partial charge in [-0.3, -0.25) is 4.98 Å². The average Bonchev–Trinajstić information content (AvgIpc) is 3.28. The van der Waals surface area contributed by atoms with Gasteiger partial charge in [0.2, 0.25) is 0 Å². The number of hydrogen-bond donors (Lipinski definition) is 1. The van der Waals surface area contributed by atoms with Gasteiger partial charge in [-0.15, -0.1) is 0 Å². The Morgan fingerprint density at radius 3 is 2.76 bits per heavy atom. The molecule has 6 rings (SSSR count). The molecule has 1 spiro atoms. The molecule has 176 valence electrons. The van der Waals surface area contributed by atoms with Gasteiger partial charge in [0, 0.05) is 48.9 Å². The molecule has 9 heteroatoms. The van der Waals surface area contributed by atoms with Crippen molar-refractivity contribution in [3.05, 3.63) is 48.7 Å². The first kappa shape index (κ1) is 21.1. The van der Waals surface area contributed by atoms with Crippen LogP contribution < -0.4 is 14.2 Å². The van der Waals surface area contributed by atoms with E-state index in [9.17, 15) is 4.39 Å². The summed E-state index contributed by atoms with van der Waals surface area (Å²) >= 11 is 0. The maximum absolute atomic E-state index is 14.9. The highest BCUT2D eigenvalue weighted by atomic mass is 19.1. The molecule has 4 aromatic rings. The van der Waals surface area contributed by atoms with Gasteiger partial charge >= 0.3 is 0 Å². The highest BCUT2D eigenvalue weighted by Crippen LogP contribution is 2.39. The Labute approximate surface area is 195 Å². The third-order valence-corrected chi connectivity index (χ3v) is 6.51. The molecule has 3 aromatic heterocycles. The number of nitrogens with zero attached hydrogens (tertiary/aromatic N) is 3. The summed E-state index contributed by atoms with van der Waals surface area (Å²) in [5, 5.41) is 1.06. The number of halogens is 1.